The number of amides is 1. The SMILES string of the molecule is C=CCCCCCCc1ccc(N(C)C(=O)C=C)cc1. The Bertz CT molecular complexity index is 433. The second-order valence-electron chi connectivity index (χ2n) is 5.01. The smallest absolute Gasteiger partial charge is 0.250 e. The number of nitrogens with zero attached hydrogens (tertiary/aromatic N) is 1. The number of aryl methyl sites for hydroxylation is 1. The predicted molar refractivity (Wildman–Crippen MR) is 87.0 cm³/mol. The van der Waals surface area contributed by atoms with Crippen molar-refractivity contribution >= 4 is 11.6 Å². The lowest BCUT2D eigenvalue weighted by Gasteiger charge is -2.15. The van der Waals surface area contributed by atoms with Gasteiger partial charge in [0.05, 0.1) is 0 Å². The number of hydrogen-bond acceptors (Lipinski definition) is 1. The van der Waals surface area contributed by atoms with E-state index in [2.05, 4.69) is 25.3 Å². The summed E-state index contributed by atoms with van der Waals surface area (Å²) in [6.45, 7) is 7.23. The molecule has 2 nitrogen and oxygen atoms in total. The van der Waals surface area contributed by atoms with Crippen LogP contribution in [-0.4, -0.2) is 13.0 Å². The van der Waals surface area contributed by atoms with Crippen LogP contribution in [0.4, 0.5) is 5.69 Å². The quantitative estimate of drug-likeness (QED) is 0.367. The third-order valence-corrected chi connectivity index (χ3v) is 3.45. The van der Waals surface area contributed by atoms with Gasteiger partial charge in [0.2, 0.25) is 5.91 Å². The van der Waals surface area contributed by atoms with Crippen LogP contribution < -0.4 is 4.90 Å². The molecule has 0 unspecified atom stereocenters. The lowest BCUT2D eigenvalue weighted by molar-refractivity contribution is -0.113. The largest absolute Gasteiger partial charge is 0.312 e. The van der Waals surface area contributed by atoms with Crippen molar-refractivity contribution < 1.29 is 4.79 Å². The molecule has 0 N–H and O–H groups in total. The summed E-state index contributed by atoms with van der Waals surface area (Å²) in [5.41, 5.74) is 2.24. The summed E-state index contributed by atoms with van der Waals surface area (Å²) in [5.74, 6) is -0.0834. The summed E-state index contributed by atoms with van der Waals surface area (Å²) < 4.78 is 0. The van der Waals surface area contributed by atoms with Crippen LogP contribution in [-0.2, 0) is 11.2 Å². The van der Waals surface area contributed by atoms with Gasteiger partial charge in [0, 0.05) is 12.7 Å². The Morgan fingerprint density at radius 2 is 1.75 bits per heavy atom. The maximum absolute atomic E-state index is 11.5. The van der Waals surface area contributed by atoms with Crippen LogP contribution in [0.5, 0.6) is 0 Å². The number of benzene rings is 1. The molecular weight excluding hydrogens is 246 g/mol. The molecule has 0 bridgehead atoms. The maximum Gasteiger partial charge on any atom is 0.250 e. The standard InChI is InChI=1S/C18H25NO/c1-4-6-7-8-9-10-11-16-12-14-17(15-13-16)19(3)18(20)5-2/h4-5,12-15H,1-2,6-11H2,3H3. The predicted octanol–water partition coefficient (Wildman–Crippen LogP) is 4.51. The summed E-state index contributed by atoms with van der Waals surface area (Å²) in [5, 5.41) is 0. The van der Waals surface area contributed by atoms with E-state index in [1.165, 1.54) is 37.3 Å². The van der Waals surface area contributed by atoms with Crippen LogP contribution in [0.2, 0.25) is 0 Å². The molecule has 1 aromatic carbocycles. The minimum atomic E-state index is -0.0834. The summed E-state index contributed by atoms with van der Waals surface area (Å²) in [6, 6.07) is 8.20. The number of likely N-dealkylation sites (N-methyl/N-ethyl adjacent to an activating group) is 1. The van der Waals surface area contributed by atoms with Crippen LogP contribution in [0.15, 0.2) is 49.6 Å². The molecule has 0 aliphatic rings. The number of allylic oxidation sites excluding steroid dienone is 1. The molecule has 0 aliphatic heterocycles. The zero-order valence-corrected chi connectivity index (χ0v) is 12.5. The van der Waals surface area contributed by atoms with E-state index in [1.807, 2.05) is 18.2 Å². The summed E-state index contributed by atoms with van der Waals surface area (Å²) in [4.78, 5) is 13.1. The lowest BCUT2D eigenvalue weighted by atomic mass is 10.0. The maximum atomic E-state index is 11.5. The normalized spacial score (nSPS) is 10.1. The number of carbonyl (C=O) groups is 1. The second kappa shape index (κ2) is 9.13. The second-order valence-corrected chi connectivity index (χ2v) is 5.01. The van der Waals surface area contributed by atoms with Crippen molar-refractivity contribution in [3.05, 3.63) is 55.1 Å². The zero-order valence-electron chi connectivity index (χ0n) is 12.5. The van der Waals surface area contributed by atoms with Gasteiger partial charge in [-0.2, -0.15) is 0 Å². The molecule has 1 amide bonds. The Labute approximate surface area is 122 Å². The number of hydrogen-bond donors (Lipinski definition) is 0. The molecule has 0 saturated carbocycles. The third kappa shape index (κ3) is 5.43. The zero-order chi connectivity index (χ0) is 14.8. The molecule has 0 spiro atoms. The van der Waals surface area contributed by atoms with Crippen molar-refractivity contribution in [1.82, 2.24) is 0 Å². The van der Waals surface area contributed by atoms with Gasteiger partial charge in [-0.1, -0.05) is 37.6 Å². The first kappa shape index (κ1) is 16.2. The van der Waals surface area contributed by atoms with Crippen molar-refractivity contribution in [3.63, 3.8) is 0 Å². The van der Waals surface area contributed by atoms with Crippen LogP contribution in [0, 0.1) is 0 Å². The molecule has 0 heterocycles. The Morgan fingerprint density at radius 3 is 2.35 bits per heavy atom. The first-order chi connectivity index (χ1) is 9.69. The highest BCUT2D eigenvalue weighted by atomic mass is 16.2. The highest BCUT2D eigenvalue weighted by Crippen LogP contribution is 2.16. The van der Waals surface area contributed by atoms with E-state index in [4.69, 9.17) is 0 Å². The molecule has 0 fully saturated rings. The van der Waals surface area contributed by atoms with Gasteiger partial charge in [0.1, 0.15) is 0 Å². The van der Waals surface area contributed by atoms with E-state index in [0.717, 1.165) is 18.5 Å². The van der Waals surface area contributed by atoms with Crippen molar-refractivity contribution in [2.45, 2.75) is 38.5 Å². The van der Waals surface area contributed by atoms with Crippen LogP contribution in [0.25, 0.3) is 0 Å². The third-order valence-electron chi connectivity index (χ3n) is 3.45. The van der Waals surface area contributed by atoms with Crippen LogP contribution in [0.3, 0.4) is 0 Å². The van der Waals surface area contributed by atoms with Crippen LogP contribution in [0.1, 0.15) is 37.7 Å². The fourth-order valence-corrected chi connectivity index (χ4v) is 2.12. The Hall–Kier alpha value is -1.83. The fourth-order valence-electron chi connectivity index (χ4n) is 2.12. The molecule has 0 radical (unpaired) electrons. The average molecular weight is 271 g/mol. The van der Waals surface area contributed by atoms with E-state index in [9.17, 15) is 4.79 Å². The average Bonchev–Trinajstić information content (AvgIpc) is 2.50. The van der Waals surface area contributed by atoms with Crippen molar-refractivity contribution in [2.24, 2.45) is 0 Å². The number of anilines is 1. The van der Waals surface area contributed by atoms with Gasteiger partial charge in [-0.05, 0) is 49.5 Å². The number of carbonyl (C=O) groups excluding carboxylic acids is 1. The molecule has 0 saturated heterocycles. The molecule has 20 heavy (non-hydrogen) atoms. The molecule has 1 aromatic rings. The van der Waals surface area contributed by atoms with E-state index in [1.54, 1.807) is 11.9 Å². The summed E-state index contributed by atoms with van der Waals surface area (Å²) in [7, 11) is 1.76. The van der Waals surface area contributed by atoms with E-state index in [-0.39, 0.29) is 5.91 Å². The Morgan fingerprint density at radius 1 is 1.10 bits per heavy atom. The van der Waals surface area contributed by atoms with Crippen molar-refractivity contribution in [2.75, 3.05) is 11.9 Å². The topological polar surface area (TPSA) is 20.3 Å². The molecule has 0 aromatic heterocycles. The lowest BCUT2D eigenvalue weighted by Crippen LogP contribution is -2.23. The van der Waals surface area contributed by atoms with Crippen molar-refractivity contribution in [3.8, 4) is 0 Å². The minimum Gasteiger partial charge on any atom is -0.312 e. The van der Waals surface area contributed by atoms with E-state index in [0.29, 0.717) is 0 Å². The monoisotopic (exact) mass is 271 g/mol. The van der Waals surface area contributed by atoms with Gasteiger partial charge in [-0.3, -0.25) is 4.79 Å². The van der Waals surface area contributed by atoms with Gasteiger partial charge in [0.15, 0.2) is 0 Å². The Kier molecular flexibility index (Phi) is 7.41. The van der Waals surface area contributed by atoms with E-state index < -0.39 is 0 Å². The van der Waals surface area contributed by atoms with Crippen LogP contribution >= 0.6 is 0 Å². The molecule has 108 valence electrons. The first-order valence-electron chi connectivity index (χ1n) is 7.29. The number of unbranched alkanes of at least 4 members (excludes halogenated alkanes) is 4. The summed E-state index contributed by atoms with van der Waals surface area (Å²) >= 11 is 0. The fraction of sp³-hybridized carbons (Fsp3) is 0.389. The number of rotatable bonds is 9. The van der Waals surface area contributed by atoms with Gasteiger partial charge in [0.25, 0.3) is 0 Å². The van der Waals surface area contributed by atoms with Crippen molar-refractivity contribution in [1.29, 1.82) is 0 Å². The molecule has 0 atom stereocenters. The minimum absolute atomic E-state index is 0.0834. The van der Waals surface area contributed by atoms with Gasteiger partial charge >= 0.3 is 0 Å². The first-order valence-corrected chi connectivity index (χ1v) is 7.29. The van der Waals surface area contributed by atoms with Gasteiger partial charge in [-0.15, -0.1) is 6.58 Å². The highest BCUT2D eigenvalue weighted by molar-refractivity contribution is 6.00. The van der Waals surface area contributed by atoms with Gasteiger partial charge < -0.3 is 4.90 Å². The molecule has 0 aliphatic carbocycles. The highest BCUT2D eigenvalue weighted by Gasteiger charge is 2.06. The van der Waals surface area contributed by atoms with Gasteiger partial charge in [-0.25, -0.2) is 0 Å². The molecule has 2 heteroatoms. The summed E-state index contributed by atoms with van der Waals surface area (Å²) in [6.07, 6.45) is 10.6. The molecular formula is C18H25NO. The van der Waals surface area contributed by atoms with E-state index >= 15 is 0 Å². The Balaban J connectivity index is 2.37. The molecule has 1 rings (SSSR count).